The Hall–Kier alpha value is -1.88. The Morgan fingerprint density at radius 2 is 1.93 bits per heavy atom. The zero-order valence-corrected chi connectivity index (χ0v) is 8.20. The van der Waals surface area contributed by atoms with Gasteiger partial charge in [-0.1, -0.05) is 12.1 Å². The van der Waals surface area contributed by atoms with E-state index in [1.807, 2.05) is 0 Å². The van der Waals surface area contributed by atoms with Crippen molar-refractivity contribution in [3.8, 4) is 5.75 Å². The lowest BCUT2D eigenvalue weighted by Crippen LogP contribution is -2.20. The second kappa shape index (κ2) is 3.70. The predicted molar refractivity (Wildman–Crippen MR) is 53.1 cm³/mol. The molecule has 2 rings (SSSR count). The number of allylic oxidation sites excluding steroid dienone is 1. The fraction of sp³-hybridized carbons (Fsp3) is 0.200. The van der Waals surface area contributed by atoms with E-state index in [2.05, 4.69) is 10.2 Å². The largest absolute Gasteiger partial charge is 0.508 e. The Kier molecular flexibility index (Phi) is 2.39. The number of hydroxylamine groups is 2. The minimum atomic E-state index is -0.533. The first-order valence-electron chi connectivity index (χ1n) is 4.52. The van der Waals surface area contributed by atoms with Gasteiger partial charge in [0.15, 0.2) is 6.17 Å². The minimum Gasteiger partial charge on any atom is -0.508 e. The third-order valence-corrected chi connectivity index (χ3v) is 2.09. The maximum Gasteiger partial charge on any atom is 0.191 e. The van der Waals surface area contributed by atoms with Crippen LogP contribution in [0.25, 0.3) is 0 Å². The van der Waals surface area contributed by atoms with Crippen molar-refractivity contribution in [3.05, 3.63) is 41.7 Å². The Bertz CT molecular complexity index is 411. The molecule has 0 aromatic heterocycles. The average molecular weight is 205 g/mol. The van der Waals surface area contributed by atoms with E-state index in [4.69, 9.17) is 5.11 Å². The summed E-state index contributed by atoms with van der Waals surface area (Å²) in [6.07, 6.45) is 0.971. The molecule has 0 spiro atoms. The first kappa shape index (κ1) is 9.67. The van der Waals surface area contributed by atoms with Gasteiger partial charge in [0.25, 0.3) is 0 Å². The van der Waals surface area contributed by atoms with Gasteiger partial charge in [0, 0.05) is 5.56 Å². The molecule has 0 radical (unpaired) electrons. The quantitative estimate of drug-likeness (QED) is 0.739. The van der Waals surface area contributed by atoms with Crippen molar-refractivity contribution < 1.29 is 10.3 Å². The van der Waals surface area contributed by atoms with Crippen LogP contribution in [0.15, 0.2) is 46.4 Å². The molecule has 2 N–H and O–H groups in total. The van der Waals surface area contributed by atoms with Crippen LogP contribution in [0, 0.1) is 0 Å². The van der Waals surface area contributed by atoms with E-state index in [0.717, 1.165) is 10.6 Å². The van der Waals surface area contributed by atoms with E-state index >= 15 is 0 Å². The first-order chi connectivity index (χ1) is 7.16. The molecule has 1 aliphatic heterocycles. The molecular weight excluding hydrogens is 194 g/mol. The molecule has 1 unspecified atom stereocenters. The van der Waals surface area contributed by atoms with Gasteiger partial charge in [-0.3, -0.25) is 5.21 Å². The zero-order chi connectivity index (χ0) is 10.8. The number of phenols is 1. The van der Waals surface area contributed by atoms with Crippen LogP contribution in [0.1, 0.15) is 18.7 Å². The van der Waals surface area contributed by atoms with E-state index in [1.54, 1.807) is 31.2 Å². The Morgan fingerprint density at radius 1 is 1.27 bits per heavy atom. The first-order valence-corrected chi connectivity index (χ1v) is 4.52. The molecule has 1 aliphatic rings. The van der Waals surface area contributed by atoms with Crippen LogP contribution >= 0.6 is 0 Å². The summed E-state index contributed by atoms with van der Waals surface area (Å²) in [4.78, 5) is 0. The van der Waals surface area contributed by atoms with Gasteiger partial charge in [-0.15, -0.1) is 0 Å². The van der Waals surface area contributed by atoms with Crippen molar-refractivity contribution in [3.63, 3.8) is 0 Å². The highest BCUT2D eigenvalue weighted by molar-refractivity contribution is 5.28. The molecule has 78 valence electrons. The topological polar surface area (TPSA) is 68.4 Å². The molecule has 5 heteroatoms. The van der Waals surface area contributed by atoms with Crippen LogP contribution in [0.5, 0.6) is 5.75 Å². The number of nitrogens with zero attached hydrogens (tertiary/aromatic N) is 3. The van der Waals surface area contributed by atoms with Crippen molar-refractivity contribution >= 4 is 0 Å². The van der Waals surface area contributed by atoms with Gasteiger partial charge in [-0.05, 0) is 19.1 Å². The SMILES string of the molecule is CC1=CN(O)C(c2ccc(O)cc2)N=N1. The maximum absolute atomic E-state index is 9.60. The molecule has 1 aromatic carbocycles. The van der Waals surface area contributed by atoms with E-state index < -0.39 is 6.17 Å². The van der Waals surface area contributed by atoms with E-state index in [0.29, 0.717) is 5.70 Å². The fourth-order valence-corrected chi connectivity index (χ4v) is 1.35. The molecule has 1 heterocycles. The standard InChI is InChI=1S/C10H11N3O2/c1-7-6-13(15)10(12-11-7)8-2-4-9(14)5-3-8/h2-6,10,14-15H,1H3. The van der Waals surface area contributed by atoms with Gasteiger partial charge in [0.1, 0.15) is 5.75 Å². The molecule has 1 atom stereocenters. The highest BCUT2D eigenvalue weighted by Gasteiger charge is 2.18. The lowest BCUT2D eigenvalue weighted by Gasteiger charge is -2.23. The van der Waals surface area contributed by atoms with Crippen LogP contribution in [0.3, 0.4) is 0 Å². The number of azo groups is 1. The number of hydrogen-bond acceptors (Lipinski definition) is 5. The second-order valence-electron chi connectivity index (χ2n) is 3.33. The molecule has 0 amide bonds. The molecule has 1 aromatic rings. The molecule has 0 fully saturated rings. The lowest BCUT2D eigenvalue weighted by molar-refractivity contribution is -0.0845. The van der Waals surface area contributed by atoms with E-state index in [-0.39, 0.29) is 5.75 Å². The van der Waals surface area contributed by atoms with Gasteiger partial charge < -0.3 is 5.11 Å². The zero-order valence-electron chi connectivity index (χ0n) is 8.20. The van der Waals surface area contributed by atoms with Crippen LogP contribution < -0.4 is 0 Å². The van der Waals surface area contributed by atoms with E-state index in [1.165, 1.54) is 6.20 Å². The van der Waals surface area contributed by atoms with Crippen LogP contribution in [-0.4, -0.2) is 15.4 Å². The predicted octanol–water partition coefficient (Wildman–Crippen LogP) is 2.41. The summed E-state index contributed by atoms with van der Waals surface area (Å²) in [6, 6.07) is 6.47. The molecule has 0 bridgehead atoms. The average Bonchev–Trinajstić information content (AvgIpc) is 2.20. The van der Waals surface area contributed by atoms with Gasteiger partial charge in [0.05, 0.1) is 11.9 Å². The maximum atomic E-state index is 9.60. The Labute approximate surface area is 86.9 Å². The summed E-state index contributed by atoms with van der Waals surface area (Å²) in [5, 5.41) is 27.5. The summed E-state index contributed by atoms with van der Waals surface area (Å²) >= 11 is 0. The van der Waals surface area contributed by atoms with Gasteiger partial charge >= 0.3 is 0 Å². The van der Waals surface area contributed by atoms with Crippen LogP contribution in [0.4, 0.5) is 0 Å². The molecule has 0 aliphatic carbocycles. The highest BCUT2D eigenvalue weighted by Crippen LogP contribution is 2.27. The van der Waals surface area contributed by atoms with Crippen LogP contribution in [-0.2, 0) is 0 Å². The summed E-state index contributed by atoms with van der Waals surface area (Å²) in [5.74, 6) is 0.183. The second-order valence-corrected chi connectivity index (χ2v) is 3.33. The van der Waals surface area contributed by atoms with Crippen molar-refractivity contribution in [2.24, 2.45) is 10.2 Å². The number of phenolic OH excluding ortho intramolecular Hbond substituents is 1. The lowest BCUT2D eigenvalue weighted by atomic mass is 10.1. The van der Waals surface area contributed by atoms with Crippen molar-refractivity contribution in [1.29, 1.82) is 0 Å². The third-order valence-electron chi connectivity index (χ3n) is 2.09. The normalized spacial score (nSPS) is 20.3. The Balaban J connectivity index is 2.26. The number of rotatable bonds is 1. The van der Waals surface area contributed by atoms with Crippen LogP contribution in [0.2, 0.25) is 0 Å². The van der Waals surface area contributed by atoms with Crippen molar-refractivity contribution in [1.82, 2.24) is 5.06 Å². The summed E-state index contributed by atoms with van der Waals surface area (Å²) in [7, 11) is 0. The van der Waals surface area contributed by atoms with E-state index in [9.17, 15) is 5.21 Å². The summed E-state index contributed by atoms with van der Waals surface area (Å²) < 4.78 is 0. The van der Waals surface area contributed by atoms with Crippen molar-refractivity contribution in [2.45, 2.75) is 13.1 Å². The highest BCUT2D eigenvalue weighted by atomic mass is 16.5. The van der Waals surface area contributed by atoms with Gasteiger partial charge in [-0.2, -0.15) is 10.2 Å². The minimum absolute atomic E-state index is 0.183. The molecule has 0 saturated carbocycles. The number of benzene rings is 1. The smallest absolute Gasteiger partial charge is 0.191 e. The fourth-order valence-electron chi connectivity index (χ4n) is 1.35. The summed E-state index contributed by atoms with van der Waals surface area (Å²) in [5.41, 5.74) is 1.41. The van der Waals surface area contributed by atoms with Gasteiger partial charge in [-0.25, -0.2) is 5.06 Å². The molecule has 15 heavy (non-hydrogen) atoms. The molecule has 5 nitrogen and oxygen atoms in total. The number of hydrogen-bond donors (Lipinski definition) is 2. The third kappa shape index (κ3) is 1.97. The Morgan fingerprint density at radius 3 is 2.53 bits per heavy atom. The summed E-state index contributed by atoms with van der Waals surface area (Å²) in [6.45, 7) is 1.75. The monoisotopic (exact) mass is 205 g/mol. The molecular formula is C10H11N3O2. The van der Waals surface area contributed by atoms with Crippen molar-refractivity contribution in [2.75, 3.05) is 0 Å². The van der Waals surface area contributed by atoms with Gasteiger partial charge in [0.2, 0.25) is 0 Å². The number of aromatic hydroxyl groups is 1. The molecule has 0 saturated heterocycles.